The molecule has 2 saturated heterocycles. The monoisotopic (exact) mass is 673 g/mol. The summed E-state index contributed by atoms with van der Waals surface area (Å²) < 4.78 is 54.5. The van der Waals surface area contributed by atoms with E-state index in [1.807, 2.05) is 0 Å². The van der Waals surface area contributed by atoms with Crippen molar-refractivity contribution in [2.75, 3.05) is 31.0 Å². The van der Waals surface area contributed by atoms with Gasteiger partial charge in [0.2, 0.25) is 0 Å². The van der Waals surface area contributed by atoms with Gasteiger partial charge in [0.05, 0.1) is 25.9 Å². The smallest absolute Gasteiger partial charge is 0.394 e. The van der Waals surface area contributed by atoms with Crippen molar-refractivity contribution in [3.8, 4) is 0 Å². The number of hydrogen-bond acceptors (Lipinski definition) is 18. The molecule has 4 aromatic heterocycles. The molecule has 2 aliphatic rings. The SMILES string of the molecule is Nc1ncnc2c1ncn2[C@@H]1O[C@H](COP(=O)(O)COC2C(O)[C@@H](CO)O[C@H]2n2cnc3c(N)ncnc32)C(O[P+](=O)O)C1O. The van der Waals surface area contributed by atoms with Crippen LogP contribution in [0.2, 0.25) is 0 Å². The minimum Gasteiger partial charge on any atom is -0.394 e. The van der Waals surface area contributed by atoms with Crippen LogP contribution in [0.1, 0.15) is 12.5 Å². The predicted molar refractivity (Wildman–Crippen MR) is 147 cm³/mol. The number of nitrogens with zero attached hydrogens (tertiary/aromatic N) is 8. The Kier molecular flexibility index (Phi) is 8.73. The number of imidazole rings is 2. The van der Waals surface area contributed by atoms with E-state index < -0.39 is 84.5 Å². The molecule has 242 valence electrons. The van der Waals surface area contributed by atoms with Crippen molar-refractivity contribution in [2.24, 2.45) is 0 Å². The third kappa shape index (κ3) is 5.99. The zero-order valence-electron chi connectivity index (χ0n) is 22.8. The van der Waals surface area contributed by atoms with E-state index in [4.69, 9.17) is 34.7 Å². The molecule has 10 atom stereocenters. The molecule has 2 fully saturated rings. The van der Waals surface area contributed by atoms with Crippen LogP contribution in [-0.4, -0.2) is 120 Å². The summed E-state index contributed by atoms with van der Waals surface area (Å²) in [6.45, 7) is -1.31. The van der Waals surface area contributed by atoms with Crippen LogP contribution in [0.25, 0.3) is 22.3 Å². The summed E-state index contributed by atoms with van der Waals surface area (Å²) in [7, 11) is -7.89. The number of anilines is 2. The summed E-state index contributed by atoms with van der Waals surface area (Å²) in [5, 5.41) is 31.4. The Morgan fingerprint density at radius 2 is 1.47 bits per heavy atom. The van der Waals surface area contributed by atoms with Gasteiger partial charge in [-0.2, -0.15) is 0 Å². The second-order valence-electron chi connectivity index (χ2n) is 9.96. The average Bonchev–Trinajstić information content (AvgIpc) is 3.76. The van der Waals surface area contributed by atoms with E-state index >= 15 is 0 Å². The number of hydrogen-bond donors (Lipinski definition) is 7. The molecule has 0 amide bonds. The highest BCUT2D eigenvalue weighted by molar-refractivity contribution is 7.52. The largest absolute Gasteiger partial charge is 0.695 e. The molecule has 0 saturated carbocycles. The van der Waals surface area contributed by atoms with Crippen LogP contribution in [0.4, 0.5) is 11.6 Å². The summed E-state index contributed by atoms with van der Waals surface area (Å²) >= 11 is 0. The van der Waals surface area contributed by atoms with Crippen LogP contribution in [-0.2, 0) is 32.4 Å². The van der Waals surface area contributed by atoms with E-state index in [1.54, 1.807) is 0 Å². The zero-order valence-corrected chi connectivity index (χ0v) is 24.6. The van der Waals surface area contributed by atoms with E-state index in [0.29, 0.717) is 0 Å². The molecule has 0 spiro atoms. The lowest BCUT2D eigenvalue weighted by molar-refractivity contribution is -0.0660. The Labute approximate surface area is 252 Å². The van der Waals surface area contributed by atoms with Crippen LogP contribution < -0.4 is 11.5 Å². The van der Waals surface area contributed by atoms with Crippen molar-refractivity contribution in [3.63, 3.8) is 0 Å². The fraction of sp³-hybridized carbons (Fsp3) is 0.524. The van der Waals surface area contributed by atoms with E-state index in [9.17, 15) is 34.2 Å². The minimum atomic E-state index is -4.65. The molecule has 6 rings (SSSR count). The molecule has 2 aliphatic heterocycles. The fourth-order valence-electron chi connectivity index (χ4n) is 5.11. The highest BCUT2D eigenvalue weighted by atomic mass is 31.2. The van der Waals surface area contributed by atoms with Crippen LogP contribution >= 0.6 is 15.9 Å². The third-order valence-electron chi connectivity index (χ3n) is 7.21. The lowest BCUT2D eigenvalue weighted by Gasteiger charge is -2.24. The predicted octanol–water partition coefficient (Wildman–Crippen LogP) is -2.08. The Morgan fingerprint density at radius 3 is 2.04 bits per heavy atom. The molecule has 6 unspecified atom stereocenters. The van der Waals surface area contributed by atoms with Crippen molar-refractivity contribution in [2.45, 2.75) is 49.1 Å². The summed E-state index contributed by atoms with van der Waals surface area (Å²) in [5.74, 6) is 0.136. The second-order valence-corrected chi connectivity index (χ2v) is 12.4. The van der Waals surface area contributed by atoms with Gasteiger partial charge in [0, 0.05) is 4.57 Å². The van der Waals surface area contributed by atoms with E-state index in [-0.39, 0.29) is 34.0 Å². The lowest BCUT2D eigenvalue weighted by atomic mass is 10.1. The quantitative estimate of drug-likeness (QED) is 0.0840. The molecule has 22 nitrogen and oxygen atoms in total. The lowest BCUT2D eigenvalue weighted by Crippen LogP contribution is -2.36. The number of rotatable bonds is 11. The van der Waals surface area contributed by atoms with Crippen LogP contribution in [0.3, 0.4) is 0 Å². The maximum Gasteiger partial charge on any atom is 0.695 e. The molecule has 6 heterocycles. The number of aromatic nitrogens is 8. The maximum absolute atomic E-state index is 13.0. The number of fused-ring (bicyclic) bond motifs is 2. The van der Waals surface area contributed by atoms with E-state index in [2.05, 4.69) is 29.9 Å². The summed E-state index contributed by atoms with van der Waals surface area (Å²) in [6.07, 6.45) is -6.83. The Hall–Kier alpha value is -3.37. The third-order valence-corrected chi connectivity index (χ3v) is 8.66. The first-order valence-corrected chi connectivity index (χ1v) is 15.9. The molecular weight excluding hydrogens is 646 g/mol. The van der Waals surface area contributed by atoms with Gasteiger partial charge < -0.3 is 50.4 Å². The average molecular weight is 673 g/mol. The number of nitrogens with two attached hydrogens (primary N) is 2. The van der Waals surface area contributed by atoms with Crippen LogP contribution in [0.15, 0.2) is 25.3 Å². The molecular formula is C21H27N10O12P2+. The highest BCUT2D eigenvalue weighted by Crippen LogP contribution is 2.46. The molecule has 4 aromatic rings. The first kappa shape index (κ1) is 31.6. The van der Waals surface area contributed by atoms with Crippen molar-refractivity contribution in [1.82, 2.24) is 39.0 Å². The zero-order chi connectivity index (χ0) is 32.0. The molecule has 9 N–H and O–H groups in total. The van der Waals surface area contributed by atoms with Crippen molar-refractivity contribution in [3.05, 3.63) is 25.3 Å². The highest BCUT2D eigenvalue weighted by Gasteiger charge is 2.51. The summed E-state index contributed by atoms with van der Waals surface area (Å²) in [4.78, 5) is 44.1. The van der Waals surface area contributed by atoms with Crippen LogP contribution in [0.5, 0.6) is 0 Å². The first-order chi connectivity index (χ1) is 21.5. The topological polar surface area (TPSA) is 321 Å². The normalized spacial score (nSPS) is 30.3. The Morgan fingerprint density at radius 1 is 0.889 bits per heavy atom. The minimum absolute atomic E-state index is 0.0579. The molecule has 24 heteroatoms. The second kappa shape index (κ2) is 12.4. The summed E-state index contributed by atoms with van der Waals surface area (Å²) in [5.41, 5.74) is 12.5. The number of aliphatic hydroxyl groups excluding tert-OH is 3. The Bertz CT molecular complexity index is 1760. The van der Waals surface area contributed by atoms with Crippen molar-refractivity contribution in [1.29, 1.82) is 0 Å². The van der Waals surface area contributed by atoms with E-state index in [1.165, 1.54) is 28.1 Å². The Balaban J connectivity index is 1.16. The van der Waals surface area contributed by atoms with Gasteiger partial charge in [0.1, 0.15) is 60.6 Å². The summed E-state index contributed by atoms with van der Waals surface area (Å²) in [6, 6.07) is 0. The van der Waals surface area contributed by atoms with Gasteiger partial charge in [-0.3, -0.25) is 13.7 Å². The number of nitrogen functional groups attached to an aromatic ring is 2. The van der Waals surface area contributed by atoms with Gasteiger partial charge in [0.15, 0.2) is 41.5 Å². The van der Waals surface area contributed by atoms with Gasteiger partial charge in [-0.1, -0.05) is 0 Å². The van der Waals surface area contributed by atoms with Crippen molar-refractivity contribution >= 4 is 49.8 Å². The molecule has 45 heavy (non-hydrogen) atoms. The van der Waals surface area contributed by atoms with Gasteiger partial charge in [-0.25, -0.2) is 29.9 Å². The van der Waals surface area contributed by atoms with Gasteiger partial charge >= 0.3 is 15.9 Å². The number of ether oxygens (including phenoxy) is 3. The fourth-order valence-corrected chi connectivity index (χ4v) is 6.39. The van der Waals surface area contributed by atoms with E-state index in [0.717, 1.165) is 6.33 Å². The van der Waals surface area contributed by atoms with Gasteiger partial charge in [-0.15, -0.1) is 9.42 Å². The molecule has 0 aliphatic carbocycles. The van der Waals surface area contributed by atoms with Gasteiger partial charge in [0.25, 0.3) is 0 Å². The molecule has 0 bridgehead atoms. The van der Waals surface area contributed by atoms with Crippen molar-refractivity contribution < 1.29 is 57.5 Å². The molecule has 0 aromatic carbocycles. The first-order valence-electron chi connectivity index (χ1n) is 13.0. The van der Waals surface area contributed by atoms with Gasteiger partial charge in [-0.05, 0) is 0 Å². The van der Waals surface area contributed by atoms with Crippen LogP contribution in [0, 0.1) is 0 Å². The maximum atomic E-state index is 13.0. The standard InChI is InChI=1S/C21H26N10O12P2/c22-16-10-18(26-3-24-16)30(5-28-10)20-13(34)14(43-44(35)36)9(42-20)2-40-45(37,38)7-39-15-12(33)8(1-32)41-21(15)31-6-29-11-17(23)25-4-27-19(11)31/h3-6,8-9,12-15,20-21,32-34H,1-2,7H2,(H5-,22,23,24,25,26,27,35,36,37,38)/p+1/t8-,9-,12?,13?,14?,15?,20-,21-/m1/s1. The number of aliphatic hydroxyl groups is 3. The molecule has 0 radical (unpaired) electrons.